The summed E-state index contributed by atoms with van der Waals surface area (Å²) in [4.78, 5) is 19.6. The largest absolute Gasteiger partial charge is 0.367 e. The second kappa shape index (κ2) is 6.74. The zero-order valence-corrected chi connectivity index (χ0v) is 10.3. The van der Waals surface area contributed by atoms with Crippen molar-refractivity contribution in [1.29, 1.82) is 0 Å². The minimum atomic E-state index is 0.118. The van der Waals surface area contributed by atoms with E-state index in [1.165, 1.54) is 0 Å². The summed E-state index contributed by atoms with van der Waals surface area (Å²) < 4.78 is 0. The second-order valence-electron chi connectivity index (χ2n) is 4.34. The molecule has 0 unspecified atom stereocenters. The van der Waals surface area contributed by atoms with Gasteiger partial charge < -0.3 is 10.6 Å². The Morgan fingerprint density at radius 1 is 1.39 bits per heavy atom. The number of carbonyl (C=O) groups excluding carboxylic acids is 1. The number of hydrogen-bond donors (Lipinski definition) is 2. The number of carbonyl (C=O) groups is 1. The Balaban J connectivity index is 1.57. The summed E-state index contributed by atoms with van der Waals surface area (Å²) in [6, 6.07) is 0. The highest BCUT2D eigenvalue weighted by molar-refractivity contribution is 5.76. The standard InChI is InChI=1S/C13H18N4O/c18-13(9-11-3-1-2-4-11)17-8-7-16-12-10-14-5-6-15-12/h1,3,5-6,10-11H,2,4,7-9H2,(H,15,16)(H,17,18)/t11-/m0/s1. The maximum Gasteiger partial charge on any atom is 0.220 e. The van der Waals surface area contributed by atoms with Gasteiger partial charge in [0.15, 0.2) is 0 Å². The molecule has 1 aliphatic rings. The molecule has 5 nitrogen and oxygen atoms in total. The molecule has 0 fully saturated rings. The summed E-state index contributed by atoms with van der Waals surface area (Å²) in [5.74, 6) is 1.27. The highest BCUT2D eigenvalue weighted by Crippen LogP contribution is 2.19. The van der Waals surface area contributed by atoms with Crippen molar-refractivity contribution in [1.82, 2.24) is 15.3 Å². The van der Waals surface area contributed by atoms with Crippen molar-refractivity contribution in [3.63, 3.8) is 0 Å². The fraction of sp³-hybridized carbons (Fsp3) is 0.462. The van der Waals surface area contributed by atoms with Crippen LogP contribution in [0.4, 0.5) is 5.82 Å². The summed E-state index contributed by atoms with van der Waals surface area (Å²) in [5.41, 5.74) is 0. The van der Waals surface area contributed by atoms with Gasteiger partial charge in [0.1, 0.15) is 5.82 Å². The van der Waals surface area contributed by atoms with Crippen LogP contribution in [0.3, 0.4) is 0 Å². The van der Waals surface area contributed by atoms with Gasteiger partial charge in [0, 0.05) is 31.9 Å². The number of nitrogens with one attached hydrogen (secondary N) is 2. The van der Waals surface area contributed by atoms with Gasteiger partial charge >= 0.3 is 0 Å². The third-order valence-electron chi connectivity index (χ3n) is 2.88. The van der Waals surface area contributed by atoms with E-state index in [-0.39, 0.29) is 5.91 Å². The lowest BCUT2D eigenvalue weighted by Gasteiger charge is -2.09. The molecular formula is C13H18N4O. The molecule has 1 aliphatic carbocycles. The number of allylic oxidation sites excluding steroid dienone is 2. The summed E-state index contributed by atoms with van der Waals surface area (Å²) in [5, 5.41) is 5.99. The average molecular weight is 246 g/mol. The van der Waals surface area contributed by atoms with Gasteiger partial charge in [-0.2, -0.15) is 0 Å². The summed E-state index contributed by atoms with van der Waals surface area (Å²) in [6.07, 6.45) is 12.0. The minimum absolute atomic E-state index is 0.118. The predicted molar refractivity (Wildman–Crippen MR) is 70.0 cm³/mol. The number of hydrogen-bond acceptors (Lipinski definition) is 4. The first kappa shape index (κ1) is 12.5. The van der Waals surface area contributed by atoms with Gasteiger partial charge in [-0.3, -0.25) is 9.78 Å². The van der Waals surface area contributed by atoms with E-state index in [2.05, 4.69) is 32.8 Å². The van der Waals surface area contributed by atoms with Crippen molar-refractivity contribution in [3.8, 4) is 0 Å². The molecule has 5 heteroatoms. The molecule has 1 atom stereocenters. The van der Waals surface area contributed by atoms with E-state index in [9.17, 15) is 4.79 Å². The van der Waals surface area contributed by atoms with E-state index in [1.54, 1.807) is 18.6 Å². The first-order valence-electron chi connectivity index (χ1n) is 6.28. The van der Waals surface area contributed by atoms with E-state index in [4.69, 9.17) is 0 Å². The Hall–Kier alpha value is -1.91. The van der Waals surface area contributed by atoms with Crippen molar-refractivity contribution in [3.05, 3.63) is 30.7 Å². The van der Waals surface area contributed by atoms with Gasteiger partial charge in [-0.25, -0.2) is 4.98 Å². The number of nitrogens with zero attached hydrogens (tertiary/aromatic N) is 2. The van der Waals surface area contributed by atoms with Crippen molar-refractivity contribution >= 4 is 11.7 Å². The van der Waals surface area contributed by atoms with Crippen LogP contribution in [0, 0.1) is 5.92 Å². The molecule has 18 heavy (non-hydrogen) atoms. The van der Waals surface area contributed by atoms with Crippen LogP contribution in [0.25, 0.3) is 0 Å². The Labute approximate surface area is 107 Å². The maximum atomic E-state index is 11.6. The number of rotatable bonds is 6. The van der Waals surface area contributed by atoms with Crippen LogP contribution in [0.5, 0.6) is 0 Å². The summed E-state index contributed by atoms with van der Waals surface area (Å²) >= 11 is 0. The number of amides is 1. The predicted octanol–water partition coefficient (Wildman–Crippen LogP) is 1.36. The lowest BCUT2D eigenvalue weighted by Crippen LogP contribution is -2.29. The van der Waals surface area contributed by atoms with E-state index in [0.29, 0.717) is 25.4 Å². The van der Waals surface area contributed by atoms with Crippen molar-refractivity contribution in [2.45, 2.75) is 19.3 Å². The zero-order chi connectivity index (χ0) is 12.6. The van der Waals surface area contributed by atoms with Gasteiger partial charge in [0.25, 0.3) is 0 Å². The molecule has 0 spiro atoms. The summed E-state index contributed by atoms with van der Waals surface area (Å²) in [6.45, 7) is 1.26. The van der Waals surface area contributed by atoms with Crippen LogP contribution in [-0.4, -0.2) is 29.0 Å². The van der Waals surface area contributed by atoms with Gasteiger partial charge in [-0.1, -0.05) is 12.2 Å². The average Bonchev–Trinajstić information content (AvgIpc) is 2.89. The number of aromatic nitrogens is 2. The van der Waals surface area contributed by atoms with Crippen LogP contribution < -0.4 is 10.6 Å². The first-order valence-corrected chi connectivity index (χ1v) is 6.28. The van der Waals surface area contributed by atoms with Gasteiger partial charge in [-0.05, 0) is 18.8 Å². The van der Waals surface area contributed by atoms with Crippen LogP contribution >= 0.6 is 0 Å². The van der Waals surface area contributed by atoms with E-state index >= 15 is 0 Å². The molecule has 0 radical (unpaired) electrons. The van der Waals surface area contributed by atoms with E-state index in [0.717, 1.165) is 18.7 Å². The smallest absolute Gasteiger partial charge is 0.220 e. The Morgan fingerprint density at radius 3 is 3.06 bits per heavy atom. The molecule has 96 valence electrons. The lowest BCUT2D eigenvalue weighted by atomic mass is 10.1. The van der Waals surface area contributed by atoms with E-state index in [1.807, 2.05) is 0 Å². The quantitative estimate of drug-likeness (QED) is 0.587. The third-order valence-corrected chi connectivity index (χ3v) is 2.88. The molecular weight excluding hydrogens is 228 g/mol. The van der Waals surface area contributed by atoms with Crippen LogP contribution in [-0.2, 0) is 4.79 Å². The normalized spacial score (nSPS) is 17.7. The third kappa shape index (κ3) is 4.16. The molecule has 2 rings (SSSR count). The Bertz CT molecular complexity index is 405. The molecule has 0 saturated carbocycles. The maximum absolute atomic E-state index is 11.6. The molecule has 0 bridgehead atoms. The molecule has 1 aromatic rings. The highest BCUT2D eigenvalue weighted by atomic mass is 16.1. The van der Waals surface area contributed by atoms with Crippen molar-refractivity contribution < 1.29 is 4.79 Å². The molecule has 0 aliphatic heterocycles. The van der Waals surface area contributed by atoms with Crippen LogP contribution in [0.2, 0.25) is 0 Å². The Morgan fingerprint density at radius 2 is 2.33 bits per heavy atom. The van der Waals surface area contributed by atoms with Crippen LogP contribution in [0.1, 0.15) is 19.3 Å². The van der Waals surface area contributed by atoms with Crippen molar-refractivity contribution in [2.24, 2.45) is 5.92 Å². The second-order valence-corrected chi connectivity index (χ2v) is 4.34. The van der Waals surface area contributed by atoms with Gasteiger partial charge in [0.2, 0.25) is 5.91 Å². The van der Waals surface area contributed by atoms with Crippen LogP contribution in [0.15, 0.2) is 30.7 Å². The topological polar surface area (TPSA) is 66.9 Å². The molecule has 0 aromatic carbocycles. The molecule has 1 amide bonds. The summed E-state index contributed by atoms with van der Waals surface area (Å²) in [7, 11) is 0. The van der Waals surface area contributed by atoms with E-state index < -0.39 is 0 Å². The molecule has 1 aromatic heterocycles. The van der Waals surface area contributed by atoms with Gasteiger partial charge in [-0.15, -0.1) is 0 Å². The molecule has 2 N–H and O–H groups in total. The lowest BCUT2D eigenvalue weighted by molar-refractivity contribution is -0.121. The monoisotopic (exact) mass is 246 g/mol. The fourth-order valence-corrected chi connectivity index (χ4v) is 1.96. The molecule has 1 heterocycles. The zero-order valence-electron chi connectivity index (χ0n) is 10.3. The first-order chi connectivity index (χ1) is 8.84. The van der Waals surface area contributed by atoms with Crippen molar-refractivity contribution in [2.75, 3.05) is 18.4 Å². The minimum Gasteiger partial charge on any atom is -0.367 e. The Kier molecular flexibility index (Phi) is 4.69. The number of anilines is 1. The van der Waals surface area contributed by atoms with Gasteiger partial charge in [0.05, 0.1) is 6.20 Å². The fourth-order valence-electron chi connectivity index (χ4n) is 1.96. The molecule has 0 saturated heterocycles. The SMILES string of the molecule is O=C(C[C@H]1C=CCC1)NCCNc1cnccn1. The highest BCUT2D eigenvalue weighted by Gasteiger charge is 2.13.